The molecule has 1 saturated heterocycles. The number of hydrogen-bond donors (Lipinski definition) is 6. The summed E-state index contributed by atoms with van der Waals surface area (Å²) in [6.45, 7) is 4.37. The maximum absolute atomic E-state index is 13.0. The molecule has 0 aromatic heterocycles. The SMILES string of the molecule is CCCCCCCCCC/C=C/C(O)C(COC1OC(CO)C(O)C(O)C1O)NC(=O)CCCCCCCCCCCCCCCCCCC/C=C\C/C=C\CCCCCCCCCCCCCOC(=O)CCCCCCCCCCCCCCCCC. The highest BCUT2D eigenvalue weighted by Gasteiger charge is 2.44. The van der Waals surface area contributed by atoms with Crippen molar-refractivity contribution in [1.29, 1.82) is 0 Å². The van der Waals surface area contributed by atoms with E-state index >= 15 is 0 Å². The number of ether oxygens (including phenoxy) is 3. The van der Waals surface area contributed by atoms with Gasteiger partial charge in [-0.25, -0.2) is 0 Å². The molecule has 0 radical (unpaired) electrons. The molecule has 1 fully saturated rings. The zero-order valence-corrected chi connectivity index (χ0v) is 57.7. The first-order chi connectivity index (χ1) is 43.2. The van der Waals surface area contributed by atoms with Gasteiger partial charge in [-0.15, -0.1) is 0 Å². The molecule has 1 heterocycles. The Balaban J connectivity index is 1.90. The van der Waals surface area contributed by atoms with Gasteiger partial charge in [0.2, 0.25) is 5.91 Å². The van der Waals surface area contributed by atoms with Crippen molar-refractivity contribution in [2.45, 2.75) is 423 Å². The van der Waals surface area contributed by atoms with Gasteiger partial charge in [0.1, 0.15) is 24.4 Å². The highest BCUT2D eigenvalue weighted by molar-refractivity contribution is 5.76. The summed E-state index contributed by atoms with van der Waals surface area (Å²) < 4.78 is 16.7. The number of aliphatic hydroxyl groups excluding tert-OH is 5. The second-order valence-electron chi connectivity index (χ2n) is 26.7. The minimum Gasteiger partial charge on any atom is -0.466 e. The van der Waals surface area contributed by atoms with Gasteiger partial charge in [0.15, 0.2) is 6.29 Å². The minimum absolute atomic E-state index is 0.0135. The summed E-state index contributed by atoms with van der Waals surface area (Å²) in [6.07, 6.45) is 76.0. The Bertz CT molecular complexity index is 1560. The Morgan fingerprint density at radius 1 is 0.420 bits per heavy atom. The molecule has 0 spiro atoms. The van der Waals surface area contributed by atoms with Crippen LogP contribution in [0.4, 0.5) is 0 Å². The van der Waals surface area contributed by atoms with Crippen molar-refractivity contribution in [1.82, 2.24) is 5.32 Å². The number of allylic oxidation sites excluding steroid dienone is 5. The Labute approximate surface area is 543 Å². The Morgan fingerprint density at radius 3 is 1.15 bits per heavy atom. The number of hydrogen-bond acceptors (Lipinski definition) is 10. The largest absolute Gasteiger partial charge is 0.466 e. The van der Waals surface area contributed by atoms with Crippen LogP contribution in [0.1, 0.15) is 380 Å². The number of aliphatic hydroxyl groups is 5. The van der Waals surface area contributed by atoms with E-state index in [-0.39, 0.29) is 18.5 Å². The van der Waals surface area contributed by atoms with Gasteiger partial charge in [-0.05, 0) is 64.2 Å². The smallest absolute Gasteiger partial charge is 0.305 e. The van der Waals surface area contributed by atoms with Gasteiger partial charge in [-0.1, -0.05) is 339 Å². The van der Waals surface area contributed by atoms with Gasteiger partial charge < -0.3 is 45.1 Å². The van der Waals surface area contributed by atoms with Crippen molar-refractivity contribution in [3.63, 3.8) is 0 Å². The quantitative estimate of drug-likeness (QED) is 0.0195. The highest BCUT2D eigenvalue weighted by Crippen LogP contribution is 2.24. The van der Waals surface area contributed by atoms with Crippen molar-refractivity contribution in [3.8, 4) is 0 Å². The van der Waals surface area contributed by atoms with E-state index in [0.717, 1.165) is 57.8 Å². The van der Waals surface area contributed by atoms with Gasteiger partial charge in [-0.3, -0.25) is 9.59 Å². The molecule has 11 nitrogen and oxygen atoms in total. The second-order valence-corrected chi connectivity index (χ2v) is 26.7. The molecule has 1 aliphatic heterocycles. The molecule has 0 saturated carbocycles. The van der Waals surface area contributed by atoms with Gasteiger partial charge in [-0.2, -0.15) is 0 Å². The third-order valence-corrected chi connectivity index (χ3v) is 18.2. The summed E-state index contributed by atoms with van der Waals surface area (Å²) in [5.74, 6) is -0.166. The minimum atomic E-state index is -1.57. The maximum Gasteiger partial charge on any atom is 0.305 e. The molecule has 7 unspecified atom stereocenters. The summed E-state index contributed by atoms with van der Waals surface area (Å²) in [5, 5.41) is 54.4. The molecular weight excluding hydrogens is 1100 g/mol. The summed E-state index contributed by atoms with van der Waals surface area (Å²) in [4.78, 5) is 25.1. The number of rotatable bonds is 68. The van der Waals surface area contributed by atoms with E-state index in [1.165, 1.54) is 295 Å². The lowest BCUT2D eigenvalue weighted by molar-refractivity contribution is -0.302. The lowest BCUT2D eigenvalue weighted by Crippen LogP contribution is -2.60. The molecule has 0 aromatic carbocycles. The van der Waals surface area contributed by atoms with Crippen LogP contribution in [0.25, 0.3) is 0 Å². The van der Waals surface area contributed by atoms with E-state index in [9.17, 15) is 35.1 Å². The molecule has 1 rings (SSSR count). The van der Waals surface area contributed by atoms with E-state index in [1.54, 1.807) is 6.08 Å². The van der Waals surface area contributed by atoms with Crippen LogP contribution in [0, 0.1) is 0 Å². The van der Waals surface area contributed by atoms with Crippen molar-refractivity contribution < 1.29 is 49.3 Å². The third-order valence-electron chi connectivity index (χ3n) is 18.2. The normalized spacial score (nSPS) is 17.9. The van der Waals surface area contributed by atoms with Crippen LogP contribution in [0.3, 0.4) is 0 Å². The van der Waals surface area contributed by atoms with Crippen LogP contribution >= 0.6 is 0 Å². The first-order valence-corrected chi connectivity index (χ1v) is 38.3. The van der Waals surface area contributed by atoms with Crippen LogP contribution < -0.4 is 5.32 Å². The molecule has 6 N–H and O–H groups in total. The van der Waals surface area contributed by atoms with Gasteiger partial charge in [0.05, 0.1) is 32.0 Å². The fraction of sp³-hybridized carbons (Fsp3) is 0.896. The van der Waals surface area contributed by atoms with Crippen LogP contribution in [0.5, 0.6) is 0 Å². The monoisotopic (exact) mass is 1240 g/mol. The first kappa shape index (κ1) is 83.9. The third kappa shape index (κ3) is 54.4. The van der Waals surface area contributed by atoms with E-state index in [4.69, 9.17) is 14.2 Å². The van der Waals surface area contributed by atoms with Crippen molar-refractivity contribution in [3.05, 3.63) is 36.5 Å². The Kier molecular flexibility index (Phi) is 63.2. The summed E-state index contributed by atoms with van der Waals surface area (Å²) in [5.41, 5.74) is 0. The predicted octanol–water partition coefficient (Wildman–Crippen LogP) is 20.1. The standard InChI is InChI=1S/C77H145NO10/c1-3-5-7-9-11-13-15-16-38-42-45-49-53-57-61-65-73(82)86-66-62-58-54-50-46-43-40-37-35-33-31-29-27-25-23-21-19-17-18-20-22-24-26-28-30-32-34-36-39-41-44-48-52-56-60-64-72(81)78-69(68-87-77-76(85)75(84)74(83)71(67-79)88-77)70(80)63-59-55-51-47-14-12-10-8-6-4-2/h19,21,25,27,59,63,69-71,74-77,79-80,83-85H,3-18,20,22-24,26,28-58,60-62,64-68H2,1-2H3,(H,78,81)/b21-19-,27-25-,63-59+. The van der Waals surface area contributed by atoms with Crippen molar-refractivity contribution >= 4 is 11.9 Å². The lowest BCUT2D eigenvalue weighted by Gasteiger charge is -2.40. The summed E-state index contributed by atoms with van der Waals surface area (Å²) >= 11 is 0. The van der Waals surface area contributed by atoms with Crippen LogP contribution in [-0.2, 0) is 23.8 Å². The average Bonchev–Trinajstić information content (AvgIpc) is 1.96. The summed E-state index contributed by atoms with van der Waals surface area (Å²) in [6, 6.07) is -0.807. The van der Waals surface area contributed by atoms with E-state index in [1.807, 2.05) is 6.08 Å². The van der Waals surface area contributed by atoms with Gasteiger partial charge in [0, 0.05) is 12.8 Å². The highest BCUT2D eigenvalue weighted by atomic mass is 16.7. The summed E-state index contributed by atoms with van der Waals surface area (Å²) in [7, 11) is 0. The second kappa shape index (κ2) is 66.3. The molecule has 1 amide bonds. The van der Waals surface area contributed by atoms with E-state index in [2.05, 4.69) is 43.5 Å². The molecule has 11 heteroatoms. The molecule has 88 heavy (non-hydrogen) atoms. The lowest BCUT2D eigenvalue weighted by atomic mass is 9.99. The fourth-order valence-corrected chi connectivity index (χ4v) is 12.2. The van der Waals surface area contributed by atoms with Crippen LogP contribution in [0.2, 0.25) is 0 Å². The molecule has 1 aliphatic rings. The van der Waals surface area contributed by atoms with Gasteiger partial charge in [0.25, 0.3) is 0 Å². The topological polar surface area (TPSA) is 175 Å². The molecule has 0 aliphatic carbocycles. The first-order valence-electron chi connectivity index (χ1n) is 38.3. The Morgan fingerprint density at radius 2 is 0.761 bits per heavy atom. The number of amides is 1. The van der Waals surface area contributed by atoms with Crippen molar-refractivity contribution in [2.24, 2.45) is 0 Å². The predicted molar refractivity (Wildman–Crippen MR) is 371 cm³/mol. The average molecular weight is 1250 g/mol. The van der Waals surface area contributed by atoms with Crippen LogP contribution in [0.15, 0.2) is 36.5 Å². The van der Waals surface area contributed by atoms with E-state index < -0.39 is 49.5 Å². The fourth-order valence-electron chi connectivity index (χ4n) is 12.2. The molecule has 0 bridgehead atoms. The maximum atomic E-state index is 13.0. The zero-order chi connectivity index (χ0) is 63.7. The number of carbonyl (C=O) groups excluding carboxylic acids is 2. The van der Waals surface area contributed by atoms with Gasteiger partial charge >= 0.3 is 5.97 Å². The Hall–Kier alpha value is -2.12. The molecule has 7 atom stereocenters. The number of esters is 1. The number of unbranched alkanes of at least 4 members (excludes halogenated alkanes) is 50. The van der Waals surface area contributed by atoms with Crippen LogP contribution in [-0.4, -0.2) is 100 Å². The molecule has 518 valence electrons. The number of nitrogens with one attached hydrogen (secondary N) is 1. The van der Waals surface area contributed by atoms with E-state index in [0.29, 0.717) is 19.4 Å². The zero-order valence-electron chi connectivity index (χ0n) is 57.7. The molecular formula is C77H145NO10. The molecule has 0 aromatic rings. The number of carbonyl (C=O) groups is 2. The van der Waals surface area contributed by atoms with Crippen molar-refractivity contribution in [2.75, 3.05) is 19.8 Å².